The third-order valence-electron chi connectivity index (χ3n) is 3.77. The molecule has 0 radical (unpaired) electrons. The van der Waals surface area contributed by atoms with Crippen LogP contribution >= 0.6 is 11.6 Å². The summed E-state index contributed by atoms with van der Waals surface area (Å²) < 4.78 is 1.38. The van der Waals surface area contributed by atoms with Crippen molar-refractivity contribution in [3.05, 3.63) is 68.5 Å². The summed E-state index contributed by atoms with van der Waals surface area (Å²) in [4.78, 5) is 27.2. The Morgan fingerprint density at radius 1 is 1.22 bits per heavy atom. The number of hydrogen-bond donors (Lipinski definition) is 0. The summed E-state index contributed by atoms with van der Waals surface area (Å²) in [7, 11) is 0. The molecule has 0 saturated heterocycles. The molecule has 0 aliphatic carbocycles. The third-order valence-corrected chi connectivity index (χ3v) is 4.09. The molecule has 116 valence electrons. The van der Waals surface area contributed by atoms with Gasteiger partial charge in [0, 0.05) is 11.6 Å². The van der Waals surface area contributed by atoms with Crippen LogP contribution in [0.15, 0.2) is 36.7 Å². The predicted molar refractivity (Wildman–Crippen MR) is 87.0 cm³/mol. The predicted octanol–water partition coefficient (Wildman–Crippen LogP) is 3.90. The van der Waals surface area contributed by atoms with Crippen molar-refractivity contribution in [3.63, 3.8) is 0 Å². The Morgan fingerprint density at radius 2 is 1.91 bits per heavy atom. The van der Waals surface area contributed by atoms with Crippen LogP contribution < -0.4 is 0 Å². The number of aryl methyl sites for hydroxylation is 2. The Kier molecular flexibility index (Phi) is 3.61. The van der Waals surface area contributed by atoms with Crippen molar-refractivity contribution in [2.75, 3.05) is 0 Å². The molecule has 1 aromatic heterocycles. The largest absolute Gasteiger partial charge is 0.288 e. The topological polar surface area (TPSA) is 78.0 Å². The minimum absolute atomic E-state index is 0.00601. The molecule has 3 aromatic rings. The maximum atomic E-state index is 12.7. The van der Waals surface area contributed by atoms with E-state index < -0.39 is 10.8 Å². The molecule has 0 bridgehead atoms. The van der Waals surface area contributed by atoms with E-state index in [0.29, 0.717) is 11.0 Å². The van der Waals surface area contributed by atoms with Gasteiger partial charge in [-0.2, -0.15) is 0 Å². The number of carbonyl (C=O) groups is 1. The van der Waals surface area contributed by atoms with E-state index in [9.17, 15) is 14.9 Å². The zero-order valence-electron chi connectivity index (χ0n) is 12.4. The average Bonchev–Trinajstić information content (AvgIpc) is 2.90. The Hall–Kier alpha value is -2.73. The van der Waals surface area contributed by atoms with E-state index in [4.69, 9.17) is 11.6 Å². The molecule has 0 amide bonds. The summed E-state index contributed by atoms with van der Waals surface area (Å²) in [6.07, 6.45) is 1.42. The van der Waals surface area contributed by atoms with Gasteiger partial charge in [0.25, 0.3) is 11.6 Å². The summed E-state index contributed by atoms with van der Waals surface area (Å²) in [5.74, 6) is -0.393. The van der Waals surface area contributed by atoms with Crippen molar-refractivity contribution in [2.45, 2.75) is 13.8 Å². The number of nitro groups is 1. The molecule has 0 atom stereocenters. The lowest BCUT2D eigenvalue weighted by molar-refractivity contribution is -0.384. The highest BCUT2D eigenvalue weighted by molar-refractivity contribution is 6.32. The minimum atomic E-state index is -0.612. The second-order valence-electron chi connectivity index (χ2n) is 5.27. The van der Waals surface area contributed by atoms with Crippen LogP contribution in [-0.4, -0.2) is 20.4 Å². The molecule has 0 N–H and O–H groups in total. The lowest BCUT2D eigenvalue weighted by atomic mass is 10.1. The Bertz CT molecular complexity index is 963. The van der Waals surface area contributed by atoms with Crippen molar-refractivity contribution in [1.82, 2.24) is 9.55 Å². The standard InChI is InChI=1S/C16H12ClN3O3/c1-9-5-13-15(6-10(9)2)19(8-18-13)16(21)11-3-4-12(17)14(7-11)20(22)23/h3-8H,1-2H3. The molecule has 7 heteroatoms. The maximum Gasteiger partial charge on any atom is 0.288 e. The number of imidazole rings is 1. The molecule has 0 spiro atoms. The first-order valence-corrected chi connectivity index (χ1v) is 7.19. The Balaban J connectivity index is 2.13. The van der Waals surface area contributed by atoms with Gasteiger partial charge < -0.3 is 0 Å². The van der Waals surface area contributed by atoms with Crippen LogP contribution in [0, 0.1) is 24.0 Å². The molecular formula is C16H12ClN3O3. The number of nitro benzene ring substituents is 1. The Labute approximate surface area is 136 Å². The number of hydrogen-bond acceptors (Lipinski definition) is 4. The molecular weight excluding hydrogens is 318 g/mol. The van der Waals surface area contributed by atoms with Crippen LogP contribution in [0.4, 0.5) is 5.69 Å². The van der Waals surface area contributed by atoms with Gasteiger partial charge in [-0.15, -0.1) is 0 Å². The van der Waals surface area contributed by atoms with Crippen LogP contribution in [0.3, 0.4) is 0 Å². The van der Waals surface area contributed by atoms with Crippen molar-refractivity contribution in [3.8, 4) is 0 Å². The zero-order chi connectivity index (χ0) is 16.7. The van der Waals surface area contributed by atoms with Gasteiger partial charge in [-0.05, 0) is 49.2 Å². The van der Waals surface area contributed by atoms with Gasteiger partial charge in [0.05, 0.1) is 16.0 Å². The first-order chi connectivity index (χ1) is 10.9. The lowest BCUT2D eigenvalue weighted by Gasteiger charge is -2.05. The van der Waals surface area contributed by atoms with Gasteiger partial charge in [-0.1, -0.05) is 11.6 Å². The average molecular weight is 330 g/mol. The highest BCUT2D eigenvalue weighted by atomic mass is 35.5. The summed E-state index contributed by atoms with van der Waals surface area (Å²) in [5, 5.41) is 11.0. The smallest absolute Gasteiger partial charge is 0.268 e. The zero-order valence-corrected chi connectivity index (χ0v) is 13.2. The van der Waals surface area contributed by atoms with Gasteiger partial charge in [-0.3, -0.25) is 19.5 Å². The molecule has 1 heterocycles. The van der Waals surface area contributed by atoms with Crippen LogP contribution in [0.5, 0.6) is 0 Å². The van der Waals surface area contributed by atoms with Crippen molar-refractivity contribution >= 4 is 34.2 Å². The molecule has 0 unspecified atom stereocenters. The molecule has 3 rings (SSSR count). The number of fused-ring (bicyclic) bond motifs is 1. The third kappa shape index (κ3) is 2.57. The molecule has 0 saturated carbocycles. The van der Waals surface area contributed by atoms with Gasteiger partial charge in [0.1, 0.15) is 11.3 Å². The van der Waals surface area contributed by atoms with Gasteiger partial charge in [-0.25, -0.2) is 4.98 Å². The summed E-state index contributed by atoms with van der Waals surface area (Å²) >= 11 is 5.78. The fraction of sp³-hybridized carbons (Fsp3) is 0.125. The van der Waals surface area contributed by atoms with E-state index in [1.807, 2.05) is 26.0 Å². The van der Waals surface area contributed by atoms with E-state index in [2.05, 4.69) is 4.98 Å². The maximum absolute atomic E-state index is 12.7. The van der Waals surface area contributed by atoms with Crippen LogP contribution in [0.25, 0.3) is 11.0 Å². The highest BCUT2D eigenvalue weighted by Crippen LogP contribution is 2.26. The molecule has 0 aliphatic heterocycles. The molecule has 0 aliphatic rings. The number of rotatable bonds is 2. The van der Waals surface area contributed by atoms with E-state index in [1.165, 1.54) is 29.1 Å². The van der Waals surface area contributed by atoms with Crippen molar-refractivity contribution in [2.24, 2.45) is 0 Å². The summed E-state index contributed by atoms with van der Waals surface area (Å²) in [5.41, 5.74) is 3.36. The number of carbonyl (C=O) groups excluding carboxylic acids is 1. The van der Waals surface area contributed by atoms with E-state index >= 15 is 0 Å². The van der Waals surface area contributed by atoms with Crippen molar-refractivity contribution < 1.29 is 9.72 Å². The number of benzene rings is 2. The number of aromatic nitrogens is 2. The monoisotopic (exact) mass is 329 g/mol. The minimum Gasteiger partial charge on any atom is -0.268 e. The second-order valence-corrected chi connectivity index (χ2v) is 5.68. The van der Waals surface area contributed by atoms with E-state index in [1.54, 1.807) is 0 Å². The highest BCUT2D eigenvalue weighted by Gasteiger charge is 2.19. The lowest BCUT2D eigenvalue weighted by Crippen LogP contribution is -2.11. The number of nitrogens with zero attached hydrogens (tertiary/aromatic N) is 3. The first kappa shape index (κ1) is 15.2. The summed E-state index contributed by atoms with van der Waals surface area (Å²) in [6.45, 7) is 3.92. The fourth-order valence-corrected chi connectivity index (χ4v) is 2.54. The SMILES string of the molecule is Cc1cc2ncn(C(=O)c3ccc(Cl)c([N+](=O)[O-])c3)c2cc1C. The fourth-order valence-electron chi connectivity index (χ4n) is 2.35. The van der Waals surface area contributed by atoms with E-state index in [0.717, 1.165) is 11.1 Å². The normalized spacial score (nSPS) is 10.9. The number of halogens is 1. The van der Waals surface area contributed by atoms with Crippen molar-refractivity contribution in [1.29, 1.82) is 0 Å². The molecule has 6 nitrogen and oxygen atoms in total. The van der Waals surface area contributed by atoms with Crippen LogP contribution in [-0.2, 0) is 0 Å². The molecule has 0 fully saturated rings. The van der Waals surface area contributed by atoms with Crippen LogP contribution in [0.1, 0.15) is 21.5 Å². The van der Waals surface area contributed by atoms with E-state index in [-0.39, 0.29) is 16.3 Å². The van der Waals surface area contributed by atoms with Gasteiger partial charge >= 0.3 is 0 Å². The second kappa shape index (κ2) is 5.48. The summed E-state index contributed by atoms with van der Waals surface area (Å²) in [6, 6.07) is 7.77. The van der Waals surface area contributed by atoms with Crippen LogP contribution in [0.2, 0.25) is 5.02 Å². The van der Waals surface area contributed by atoms with Gasteiger partial charge in [0.2, 0.25) is 0 Å². The molecule has 2 aromatic carbocycles. The molecule has 23 heavy (non-hydrogen) atoms. The van der Waals surface area contributed by atoms with Gasteiger partial charge in [0.15, 0.2) is 0 Å². The Morgan fingerprint density at radius 3 is 2.61 bits per heavy atom. The first-order valence-electron chi connectivity index (χ1n) is 6.81. The quantitative estimate of drug-likeness (QED) is 0.527.